The third-order valence-electron chi connectivity index (χ3n) is 4.03. The van der Waals surface area contributed by atoms with Crippen LogP contribution in [0.25, 0.3) is 0 Å². The first-order chi connectivity index (χ1) is 8.65. The van der Waals surface area contributed by atoms with Gasteiger partial charge >= 0.3 is 0 Å². The van der Waals surface area contributed by atoms with Gasteiger partial charge in [-0.25, -0.2) is 0 Å². The van der Waals surface area contributed by atoms with Gasteiger partial charge in [0.05, 0.1) is 6.10 Å². The van der Waals surface area contributed by atoms with Crippen molar-refractivity contribution in [2.75, 3.05) is 13.7 Å². The zero-order chi connectivity index (χ0) is 13.1. The fourth-order valence-electron chi connectivity index (χ4n) is 2.98. The van der Waals surface area contributed by atoms with Gasteiger partial charge in [-0.05, 0) is 32.9 Å². The summed E-state index contributed by atoms with van der Waals surface area (Å²) in [6.45, 7) is 5.13. The fraction of sp³-hybridized carbons (Fsp3) is 0.600. The quantitative estimate of drug-likeness (QED) is 0.890. The predicted octanol–water partition coefficient (Wildman–Crippen LogP) is 2.95. The van der Waals surface area contributed by atoms with E-state index in [9.17, 15) is 5.11 Å². The topological polar surface area (TPSA) is 32.7 Å². The highest BCUT2D eigenvalue weighted by Crippen LogP contribution is 2.33. The molecule has 1 heterocycles. The smallest absolute Gasteiger partial charge is 0.120 e. The summed E-state index contributed by atoms with van der Waals surface area (Å²) < 4.78 is 5.64. The Morgan fingerprint density at radius 3 is 2.72 bits per heavy atom. The minimum Gasteiger partial charge on any atom is -0.508 e. The zero-order valence-electron chi connectivity index (χ0n) is 11.5. The Hall–Kier alpha value is -1.06. The van der Waals surface area contributed by atoms with Gasteiger partial charge in [-0.2, -0.15) is 0 Å². The number of phenols is 1. The van der Waals surface area contributed by atoms with Crippen molar-refractivity contribution in [1.82, 2.24) is 4.90 Å². The molecule has 100 valence electrons. The van der Waals surface area contributed by atoms with E-state index in [0.29, 0.717) is 11.8 Å². The molecule has 0 saturated carbocycles. The minimum atomic E-state index is 0.250. The molecule has 2 rings (SSSR count). The zero-order valence-corrected chi connectivity index (χ0v) is 11.5. The Bertz CT molecular complexity index is 394. The van der Waals surface area contributed by atoms with Gasteiger partial charge in [-0.15, -0.1) is 0 Å². The highest BCUT2D eigenvalue weighted by atomic mass is 16.5. The van der Waals surface area contributed by atoms with Crippen LogP contribution in [0.3, 0.4) is 0 Å². The van der Waals surface area contributed by atoms with Crippen molar-refractivity contribution in [2.45, 2.75) is 44.9 Å². The van der Waals surface area contributed by atoms with Crippen LogP contribution in [0.4, 0.5) is 0 Å². The van der Waals surface area contributed by atoms with Gasteiger partial charge in [0.15, 0.2) is 0 Å². The molecular formula is C15H23NO2. The van der Waals surface area contributed by atoms with Gasteiger partial charge in [0.1, 0.15) is 5.75 Å². The Balaban J connectivity index is 2.20. The van der Waals surface area contributed by atoms with Gasteiger partial charge < -0.3 is 9.84 Å². The average molecular weight is 249 g/mol. The molecule has 1 N–H and O–H groups in total. The lowest BCUT2D eigenvalue weighted by Gasteiger charge is -2.34. The molecular weight excluding hydrogens is 226 g/mol. The molecule has 3 heteroatoms. The summed E-state index contributed by atoms with van der Waals surface area (Å²) in [5.74, 6) is 0.391. The van der Waals surface area contributed by atoms with E-state index in [1.807, 2.05) is 18.2 Å². The third-order valence-corrected chi connectivity index (χ3v) is 4.03. The van der Waals surface area contributed by atoms with Gasteiger partial charge in [0, 0.05) is 24.3 Å². The van der Waals surface area contributed by atoms with Crippen molar-refractivity contribution < 1.29 is 9.84 Å². The maximum absolute atomic E-state index is 10.0. The predicted molar refractivity (Wildman–Crippen MR) is 72.7 cm³/mol. The van der Waals surface area contributed by atoms with Crippen LogP contribution in [-0.4, -0.2) is 35.8 Å². The Morgan fingerprint density at radius 2 is 2.17 bits per heavy atom. The Kier molecular flexibility index (Phi) is 4.25. The monoisotopic (exact) mass is 249 g/mol. The summed E-state index contributed by atoms with van der Waals surface area (Å²) in [5, 5.41) is 10.0. The number of ether oxygens (including phenoxy) is 1. The molecule has 0 aliphatic carbocycles. The highest BCUT2D eigenvalue weighted by Gasteiger charge is 2.32. The highest BCUT2D eigenvalue weighted by molar-refractivity contribution is 5.34. The molecule has 1 aromatic rings. The van der Waals surface area contributed by atoms with E-state index in [2.05, 4.69) is 25.8 Å². The summed E-state index contributed by atoms with van der Waals surface area (Å²) in [6.07, 6.45) is 2.33. The van der Waals surface area contributed by atoms with Crippen molar-refractivity contribution >= 4 is 0 Å². The van der Waals surface area contributed by atoms with Crippen LogP contribution in [-0.2, 0) is 4.74 Å². The number of nitrogens with zero attached hydrogens (tertiary/aromatic N) is 1. The Morgan fingerprint density at radius 1 is 1.44 bits per heavy atom. The number of hydrogen-bond donors (Lipinski definition) is 1. The number of para-hydroxylation sites is 1. The van der Waals surface area contributed by atoms with E-state index < -0.39 is 0 Å². The van der Waals surface area contributed by atoms with Crippen molar-refractivity contribution in [2.24, 2.45) is 0 Å². The summed E-state index contributed by atoms with van der Waals surface area (Å²) in [6, 6.07) is 8.32. The summed E-state index contributed by atoms with van der Waals surface area (Å²) in [7, 11) is 2.14. The molecule has 0 amide bonds. The van der Waals surface area contributed by atoms with E-state index in [4.69, 9.17) is 4.74 Å². The third kappa shape index (κ3) is 2.52. The maximum atomic E-state index is 10.0. The molecule has 1 aliphatic rings. The second-order valence-electron chi connectivity index (χ2n) is 5.08. The van der Waals surface area contributed by atoms with Crippen molar-refractivity contribution in [3.05, 3.63) is 29.8 Å². The lowest BCUT2D eigenvalue weighted by molar-refractivity contribution is 0.0657. The van der Waals surface area contributed by atoms with Gasteiger partial charge in [-0.1, -0.05) is 25.1 Å². The van der Waals surface area contributed by atoms with Crippen LogP contribution in [0.2, 0.25) is 0 Å². The molecule has 0 bridgehead atoms. The lowest BCUT2D eigenvalue weighted by atomic mass is 9.98. The van der Waals surface area contributed by atoms with E-state index >= 15 is 0 Å². The number of rotatable bonds is 4. The SMILES string of the molecule is CCC(c1ccccc1O)N(C)C1CCOC1C. The Labute approximate surface area is 109 Å². The van der Waals surface area contributed by atoms with E-state index in [0.717, 1.165) is 25.0 Å². The molecule has 0 spiro atoms. The second kappa shape index (κ2) is 5.72. The van der Waals surface area contributed by atoms with Gasteiger partial charge in [0.2, 0.25) is 0 Å². The summed E-state index contributed by atoms with van der Waals surface area (Å²) in [4.78, 5) is 2.35. The molecule has 18 heavy (non-hydrogen) atoms. The normalized spacial score (nSPS) is 25.6. The van der Waals surface area contributed by atoms with E-state index in [-0.39, 0.29) is 12.1 Å². The van der Waals surface area contributed by atoms with E-state index in [1.165, 1.54) is 0 Å². The number of aromatic hydroxyl groups is 1. The summed E-state index contributed by atoms with van der Waals surface area (Å²) in [5.41, 5.74) is 1.02. The molecule has 3 atom stereocenters. The number of hydrogen-bond acceptors (Lipinski definition) is 3. The number of phenolic OH excluding ortho intramolecular Hbond substituents is 1. The average Bonchev–Trinajstić information content (AvgIpc) is 2.78. The first-order valence-corrected chi connectivity index (χ1v) is 6.76. The van der Waals surface area contributed by atoms with Crippen LogP contribution < -0.4 is 0 Å². The summed E-state index contributed by atoms with van der Waals surface area (Å²) >= 11 is 0. The molecule has 1 aliphatic heterocycles. The van der Waals surface area contributed by atoms with Crippen LogP contribution in [0.15, 0.2) is 24.3 Å². The van der Waals surface area contributed by atoms with Crippen molar-refractivity contribution in [1.29, 1.82) is 0 Å². The molecule has 0 radical (unpaired) electrons. The van der Waals surface area contributed by atoms with Crippen molar-refractivity contribution in [3.63, 3.8) is 0 Å². The number of benzene rings is 1. The van der Waals surface area contributed by atoms with Gasteiger partial charge in [-0.3, -0.25) is 4.90 Å². The molecule has 1 fully saturated rings. The fourth-order valence-corrected chi connectivity index (χ4v) is 2.98. The van der Waals surface area contributed by atoms with Crippen LogP contribution >= 0.6 is 0 Å². The van der Waals surface area contributed by atoms with E-state index in [1.54, 1.807) is 6.07 Å². The molecule has 3 nitrogen and oxygen atoms in total. The number of likely N-dealkylation sites (N-methyl/N-ethyl adjacent to an activating group) is 1. The van der Waals surface area contributed by atoms with Crippen LogP contribution in [0, 0.1) is 0 Å². The molecule has 1 saturated heterocycles. The lowest BCUT2D eigenvalue weighted by Crippen LogP contribution is -2.39. The molecule has 3 unspecified atom stereocenters. The first-order valence-electron chi connectivity index (χ1n) is 6.76. The first kappa shape index (κ1) is 13.4. The largest absolute Gasteiger partial charge is 0.508 e. The maximum Gasteiger partial charge on any atom is 0.120 e. The minimum absolute atomic E-state index is 0.250. The van der Waals surface area contributed by atoms with Gasteiger partial charge in [0.25, 0.3) is 0 Å². The standard InChI is InChI=1S/C15H23NO2/c1-4-13(12-7-5-6-8-15(12)17)16(3)14-9-10-18-11(14)2/h5-8,11,13-14,17H,4,9-10H2,1-3H3. The van der Waals surface area contributed by atoms with Crippen molar-refractivity contribution in [3.8, 4) is 5.75 Å². The second-order valence-corrected chi connectivity index (χ2v) is 5.08. The molecule has 1 aromatic carbocycles. The van der Waals surface area contributed by atoms with Crippen LogP contribution in [0.5, 0.6) is 5.75 Å². The molecule has 0 aromatic heterocycles. The van der Waals surface area contributed by atoms with Crippen LogP contribution in [0.1, 0.15) is 38.3 Å².